The van der Waals surface area contributed by atoms with Gasteiger partial charge in [-0.25, -0.2) is 4.39 Å². The van der Waals surface area contributed by atoms with Gasteiger partial charge in [-0.2, -0.15) is 0 Å². The third kappa shape index (κ3) is 2.69. The van der Waals surface area contributed by atoms with Gasteiger partial charge in [0.2, 0.25) is 0 Å². The van der Waals surface area contributed by atoms with Crippen LogP contribution in [0.3, 0.4) is 0 Å². The molecular formula is C17H11BrClFO. The maximum Gasteiger partial charge on any atom is 0.137 e. The van der Waals surface area contributed by atoms with Crippen molar-refractivity contribution >= 4 is 38.3 Å². The van der Waals surface area contributed by atoms with E-state index >= 15 is 0 Å². The van der Waals surface area contributed by atoms with E-state index in [0.717, 1.165) is 16.3 Å². The summed E-state index contributed by atoms with van der Waals surface area (Å²) in [7, 11) is 0. The van der Waals surface area contributed by atoms with E-state index in [1.54, 1.807) is 24.3 Å². The molecule has 0 aliphatic carbocycles. The normalized spacial score (nSPS) is 12.6. The van der Waals surface area contributed by atoms with Gasteiger partial charge < -0.3 is 5.11 Å². The number of aliphatic hydroxyl groups excluding tert-OH is 1. The molecule has 4 heteroatoms. The summed E-state index contributed by atoms with van der Waals surface area (Å²) in [5.74, 6) is -0.355. The van der Waals surface area contributed by atoms with Crippen molar-refractivity contribution in [3.8, 4) is 0 Å². The minimum atomic E-state index is -0.843. The van der Waals surface area contributed by atoms with Crippen molar-refractivity contribution < 1.29 is 9.50 Å². The predicted molar refractivity (Wildman–Crippen MR) is 87.1 cm³/mol. The first kappa shape index (κ1) is 14.5. The van der Waals surface area contributed by atoms with Crippen LogP contribution in [0.25, 0.3) is 10.8 Å². The highest BCUT2D eigenvalue weighted by molar-refractivity contribution is 9.10. The summed E-state index contributed by atoms with van der Waals surface area (Å²) < 4.78 is 13.7. The molecule has 0 heterocycles. The van der Waals surface area contributed by atoms with E-state index in [0.29, 0.717) is 15.1 Å². The van der Waals surface area contributed by atoms with Crippen LogP contribution in [0.5, 0.6) is 0 Å². The van der Waals surface area contributed by atoms with Gasteiger partial charge >= 0.3 is 0 Å². The van der Waals surface area contributed by atoms with Crippen LogP contribution in [0.15, 0.2) is 59.1 Å². The SMILES string of the molecule is OC(c1ccc(F)c(Br)c1)c1ccc(Cl)c2ccccc12. The van der Waals surface area contributed by atoms with Crippen LogP contribution >= 0.6 is 27.5 Å². The predicted octanol–water partition coefficient (Wildman–Crippen LogP) is 5.48. The van der Waals surface area contributed by atoms with Crippen LogP contribution in [-0.2, 0) is 0 Å². The molecule has 1 N–H and O–H groups in total. The molecule has 1 nitrogen and oxygen atoms in total. The van der Waals surface area contributed by atoms with E-state index in [1.165, 1.54) is 6.07 Å². The number of benzene rings is 3. The maximum absolute atomic E-state index is 13.3. The first-order chi connectivity index (χ1) is 10.1. The van der Waals surface area contributed by atoms with Crippen molar-refractivity contribution in [3.05, 3.63) is 81.0 Å². The third-order valence-electron chi connectivity index (χ3n) is 3.46. The number of hydrogen-bond donors (Lipinski definition) is 1. The zero-order chi connectivity index (χ0) is 15.0. The summed E-state index contributed by atoms with van der Waals surface area (Å²) >= 11 is 9.33. The van der Waals surface area contributed by atoms with Crippen LogP contribution in [0.2, 0.25) is 5.02 Å². The largest absolute Gasteiger partial charge is 0.384 e. The summed E-state index contributed by atoms with van der Waals surface area (Å²) in [5.41, 5.74) is 1.37. The molecule has 0 saturated carbocycles. The zero-order valence-corrected chi connectivity index (χ0v) is 13.2. The van der Waals surface area contributed by atoms with Crippen molar-refractivity contribution in [1.29, 1.82) is 0 Å². The molecule has 0 spiro atoms. The number of fused-ring (bicyclic) bond motifs is 1. The monoisotopic (exact) mass is 364 g/mol. The highest BCUT2D eigenvalue weighted by Crippen LogP contribution is 2.33. The van der Waals surface area contributed by atoms with Gasteiger partial charge in [-0.1, -0.05) is 48.0 Å². The minimum Gasteiger partial charge on any atom is -0.384 e. The molecule has 0 radical (unpaired) electrons. The van der Waals surface area contributed by atoms with Crippen LogP contribution in [0, 0.1) is 5.82 Å². The lowest BCUT2D eigenvalue weighted by atomic mass is 9.96. The Morgan fingerprint density at radius 3 is 2.43 bits per heavy atom. The Morgan fingerprint density at radius 2 is 1.71 bits per heavy atom. The second kappa shape index (κ2) is 5.76. The fraction of sp³-hybridized carbons (Fsp3) is 0.0588. The topological polar surface area (TPSA) is 20.2 Å². The van der Waals surface area contributed by atoms with Crippen LogP contribution in [0.1, 0.15) is 17.2 Å². The fourth-order valence-corrected chi connectivity index (χ4v) is 3.01. The van der Waals surface area contributed by atoms with E-state index in [9.17, 15) is 9.50 Å². The molecule has 0 amide bonds. The molecule has 1 atom stereocenters. The van der Waals surface area contributed by atoms with Crippen LogP contribution in [0.4, 0.5) is 4.39 Å². The summed E-state index contributed by atoms with van der Waals surface area (Å²) in [6.45, 7) is 0. The van der Waals surface area contributed by atoms with Gasteiger partial charge in [0.05, 0.1) is 4.47 Å². The third-order valence-corrected chi connectivity index (χ3v) is 4.40. The summed E-state index contributed by atoms with van der Waals surface area (Å²) in [6, 6.07) is 15.7. The molecule has 0 aliphatic heterocycles. The van der Waals surface area contributed by atoms with Gasteiger partial charge in [-0.3, -0.25) is 0 Å². The Bertz CT molecular complexity index is 819. The van der Waals surface area contributed by atoms with E-state index in [1.807, 2.05) is 24.3 Å². The fourth-order valence-electron chi connectivity index (χ4n) is 2.39. The molecule has 21 heavy (non-hydrogen) atoms. The average Bonchev–Trinajstić information content (AvgIpc) is 2.50. The minimum absolute atomic E-state index is 0.331. The lowest BCUT2D eigenvalue weighted by Crippen LogP contribution is -2.01. The quantitative estimate of drug-likeness (QED) is 0.638. The smallest absolute Gasteiger partial charge is 0.137 e. The molecule has 1 unspecified atom stereocenters. The number of aliphatic hydroxyl groups is 1. The zero-order valence-electron chi connectivity index (χ0n) is 10.9. The Balaban J connectivity index is 2.15. The second-order valence-electron chi connectivity index (χ2n) is 4.76. The summed E-state index contributed by atoms with van der Waals surface area (Å²) in [6.07, 6.45) is -0.843. The van der Waals surface area contributed by atoms with Crippen molar-refractivity contribution in [1.82, 2.24) is 0 Å². The molecule has 3 aromatic carbocycles. The van der Waals surface area contributed by atoms with Crippen molar-refractivity contribution in [2.24, 2.45) is 0 Å². The highest BCUT2D eigenvalue weighted by atomic mass is 79.9. The van der Waals surface area contributed by atoms with E-state index in [2.05, 4.69) is 15.9 Å². The molecule has 0 aliphatic rings. The molecule has 0 fully saturated rings. The first-order valence-electron chi connectivity index (χ1n) is 6.38. The molecule has 106 valence electrons. The second-order valence-corrected chi connectivity index (χ2v) is 6.02. The average molecular weight is 366 g/mol. The lowest BCUT2D eigenvalue weighted by Gasteiger charge is -2.15. The van der Waals surface area contributed by atoms with Crippen LogP contribution < -0.4 is 0 Å². The Morgan fingerprint density at radius 1 is 1.00 bits per heavy atom. The highest BCUT2D eigenvalue weighted by Gasteiger charge is 2.15. The molecular weight excluding hydrogens is 355 g/mol. The van der Waals surface area contributed by atoms with Gasteiger partial charge in [0, 0.05) is 10.4 Å². The van der Waals surface area contributed by atoms with Crippen molar-refractivity contribution in [2.45, 2.75) is 6.10 Å². The number of halogens is 3. The van der Waals surface area contributed by atoms with Crippen molar-refractivity contribution in [2.75, 3.05) is 0 Å². The van der Waals surface area contributed by atoms with Gasteiger partial charge in [-0.05, 0) is 50.6 Å². The van der Waals surface area contributed by atoms with Gasteiger partial charge in [0.1, 0.15) is 11.9 Å². The number of rotatable bonds is 2. The summed E-state index contributed by atoms with van der Waals surface area (Å²) in [5, 5.41) is 13.0. The van der Waals surface area contributed by atoms with Gasteiger partial charge in [-0.15, -0.1) is 0 Å². The number of hydrogen-bond acceptors (Lipinski definition) is 1. The van der Waals surface area contributed by atoms with E-state index < -0.39 is 6.10 Å². The summed E-state index contributed by atoms with van der Waals surface area (Å²) in [4.78, 5) is 0. The molecule has 0 aromatic heterocycles. The Hall–Kier alpha value is -1.42. The van der Waals surface area contributed by atoms with Crippen LogP contribution in [-0.4, -0.2) is 5.11 Å². The lowest BCUT2D eigenvalue weighted by molar-refractivity contribution is 0.221. The van der Waals surface area contributed by atoms with E-state index in [4.69, 9.17) is 11.6 Å². The maximum atomic E-state index is 13.3. The van der Waals surface area contributed by atoms with Gasteiger partial charge in [0.15, 0.2) is 0 Å². The van der Waals surface area contributed by atoms with Crippen molar-refractivity contribution in [3.63, 3.8) is 0 Å². The first-order valence-corrected chi connectivity index (χ1v) is 7.55. The Labute approximate surface area is 135 Å². The van der Waals surface area contributed by atoms with Gasteiger partial charge in [0.25, 0.3) is 0 Å². The van der Waals surface area contributed by atoms with E-state index in [-0.39, 0.29) is 5.82 Å². The molecule has 0 bridgehead atoms. The molecule has 0 saturated heterocycles. The molecule has 3 rings (SSSR count). The standard InChI is InChI=1S/C17H11BrClFO/c18-14-9-10(5-8-16(14)20)17(21)13-6-7-15(19)12-4-2-1-3-11(12)13/h1-9,17,21H. The molecule has 3 aromatic rings. The Kier molecular flexibility index (Phi) is 3.98.